The Morgan fingerprint density at radius 1 is 0.640 bits per heavy atom. The van der Waals surface area contributed by atoms with Crippen molar-refractivity contribution in [3.8, 4) is 45.1 Å². The van der Waals surface area contributed by atoms with Gasteiger partial charge in [0, 0.05) is 35.7 Å². The molecule has 0 atom stereocenters. The fraction of sp³-hybridized carbons (Fsp3) is 0.174. The molecule has 3 aromatic heterocycles. The van der Waals surface area contributed by atoms with Crippen LogP contribution in [0.2, 0.25) is 0 Å². The molecule has 50 heavy (non-hydrogen) atoms. The molecule has 0 aliphatic heterocycles. The van der Waals surface area contributed by atoms with E-state index in [4.69, 9.17) is 9.15 Å². The summed E-state index contributed by atoms with van der Waals surface area (Å²) in [6, 6.07) is 43.6. The van der Waals surface area contributed by atoms with Gasteiger partial charge in [-0.25, -0.2) is 0 Å². The first kappa shape index (κ1) is 29.2. The Morgan fingerprint density at radius 2 is 1.40 bits per heavy atom. The molecule has 0 bridgehead atoms. The van der Waals surface area contributed by atoms with Crippen LogP contribution in [0.1, 0.15) is 52.4 Å². The first-order chi connectivity index (χ1) is 24.8. The van der Waals surface area contributed by atoms with E-state index in [2.05, 4.69) is 84.5 Å². The van der Waals surface area contributed by atoms with E-state index in [0.29, 0.717) is 11.2 Å². The zero-order chi connectivity index (χ0) is 34.6. The Hall–Kier alpha value is -5.74. The molecule has 4 heteroatoms. The molecular formula is C46H38N2O2. The molecule has 0 spiro atoms. The number of rotatable bonds is 6. The van der Waals surface area contributed by atoms with Gasteiger partial charge in [-0.05, 0) is 131 Å². The van der Waals surface area contributed by atoms with Crippen molar-refractivity contribution in [3.05, 3.63) is 145 Å². The number of ether oxygens (including phenoxy) is 1. The van der Waals surface area contributed by atoms with Gasteiger partial charge in [-0.3, -0.25) is 9.97 Å². The monoisotopic (exact) mass is 651 g/mol. The van der Waals surface area contributed by atoms with E-state index >= 15 is 0 Å². The molecular weight excluding hydrogens is 613 g/mol. The Balaban J connectivity index is 1.09. The maximum Gasteiger partial charge on any atom is 0.145 e. The molecule has 1 saturated carbocycles. The third-order valence-corrected chi connectivity index (χ3v) is 10.3. The largest absolute Gasteiger partial charge is 0.457 e. The van der Waals surface area contributed by atoms with Gasteiger partial charge < -0.3 is 9.15 Å². The smallest absolute Gasteiger partial charge is 0.145 e. The lowest BCUT2D eigenvalue weighted by Gasteiger charge is -2.34. The molecule has 0 amide bonds. The molecule has 4 nitrogen and oxygen atoms in total. The summed E-state index contributed by atoms with van der Waals surface area (Å²) < 4.78 is 22.4. The Bertz CT molecular complexity index is 2530. The summed E-state index contributed by atoms with van der Waals surface area (Å²) in [5.74, 6) is 0.936. The van der Waals surface area contributed by atoms with E-state index in [1.165, 1.54) is 0 Å². The molecule has 0 N–H and O–H groups in total. The van der Waals surface area contributed by atoms with Crippen molar-refractivity contribution in [3.63, 3.8) is 0 Å². The van der Waals surface area contributed by atoms with Gasteiger partial charge >= 0.3 is 0 Å². The van der Waals surface area contributed by atoms with Crippen molar-refractivity contribution in [1.82, 2.24) is 9.97 Å². The standard InChI is InChI=1S/C46H38N2O2/c1-46(2)20-18-32(19-21-46)30-12-14-31(15-13-30)33-16-17-34-26-39-40-28-38(49-37-9-7-8-35(25-37)42-10-3-5-22-47-42)29-41(43-11-4-6-23-48-43)45(40)50-44(39)27-36(34)24-33/h3-17,22-29,32H,18-21H2,1-2H3/i32D. The van der Waals surface area contributed by atoms with Crippen LogP contribution in [-0.4, -0.2) is 9.97 Å². The zero-order valence-corrected chi connectivity index (χ0v) is 28.3. The molecule has 1 fully saturated rings. The highest BCUT2D eigenvalue weighted by molar-refractivity contribution is 6.13. The van der Waals surface area contributed by atoms with Crippen molar-refractivity contribution in [2.45, 2.75) is 45.4 Å². The number of nitrogens with zero attached hydrogens (tertiary/aromatic N) is 2. The van der Waals surface area contributed by atoms with Gasteiger partial charge in [0.05, 0.1) is 11.4 Å². The second kappa shape index (κ2) is 12.3. The van der Waals surface area contributed by atoms with Crippen LogP contribution in [-0.2, 0) is 0 Å². The first-order valence-corrected chi connectivity index (χ1v) is 17.5. The minimum absolute atomic E-state index is 0.338. The number of fused-ring (bicyclic) bond motifs is 4. The van der Waals surface area contributed by atoms with Crippen molar-refractivity contribution in [1.29, 1.82) is 0 Å². The lowest BCUT2D eigenvalue weighted by Crippen LogP contribution is -2.20. The Morgan fingerprint density at radius 3 is 2.16 bits per heavy atom. The topological polar surface area (TPSA) is 48.2 Å². The van der Waals surface area contributed by atoms with E-state index in [1.54, 1.807) is 12.4 Å². The van der Waals surface area contributed by atoms with E-state index in [0.717, 1.165) is 103 Å². The molecule has 0 unspecified atom stereocenters. The van der Waals surface area contributed by atoms with E-state index in [-0.39, 0.29) is 0 Å². The normalized spacial score (nSPS) is 15.7. The molecule has 0 saturated heterocycles. The number of hydrogen-bond donors (Lipinski definition) is 0. The highest BCUT2D eigenvalue weighted by atomic mass is 16.5. The molecule has 0 radical (unpaired) electrons. The third-order valence-electron chi connectivity index (χ3n) is 10.3. The number of hydrogen-bond acceptors (Lipinski definition) is 4. The number of benzene rings is 5. The third kappa shape index (κ3) is 5.81. The average Bonchev–Trinajstić information content (AvgIpc) is 3.52. The van der Waals surface area contributed by atoms with Crippen molar-refractivity contribution in [2.75, 3.05) is 0 Å². The molecule has 5 aromatic carbocycles. The number of pyridine rings is 2. The second-order valence-corrected chi connectivity index (χ2v) is 14.3. The molecule has 244 valence electrons. The van der Waals surface area contributed by atoms with E-state index < -0.39 is 5.89 Å². The average molecular weight is 652 g/mol. The van der Waals surface area contributed by atoms with Crippen LogP contribution in [0.3, 0.4) is 0 Å². The van der Waals surface area contributed by atoms with Crippen molar-refractivity contribution >= 4 is 32.7 Å². The summed E-state index contributed by atoms with van der Waals surface area (Å²) in [7, 11) is 0. The maximum absolute atomic E-state index is 9.20. The predicted octanol–water partition coefficient (Wildman–Crippen LogP) is 13.0. The maximum atomic E-state index is 9.20. The van der Waals surface area contributed by atoms with Crippen LogP contribution in [0, 0.1) is 5.41 Å². The van der Waals surface area contributed by atoms with Gasteiger partial charge in [-0.15, -0.1) is 0 Å². The molecule has 1 aliphatic rings. The van der Waals surface area contributed by atoms with Crippen LogP contribution < -0.4 is 4.74 Å². The SMILES string of the molecule is [2H]C1(c2ccc(-c3ccc4cc5c(cc4c3)oc3c(-c4ccccn4)cc(Oc4cccc(-c6ccccn6)c4)cc35)cc2)CCC(C)(C)CC1. The van der Waals surface area contributed by atoms with Gasteiger partial charge in [0.1, 0.15) is 22.7 Å². The highest BCUT2D eigenvalue weighted by Crippen LogP contribution is 2.44. The summed E-state index contributed by atoms with van der Waals surface area (Å²) in [6.07, 6.45) is 7.62. The van der Waals surface area contributed by atoms with Gasteiger partial charge in [0.15, 0.2) is 0 Å². The highest BCUT2D eigenvalue weighted by Gasteiger charge is 2.27. The summed E-state index contributed by atoms with van der Waals surface area (Å²) in [5.41, 5.74) is 8.92. The first-order valence-electron chi connectivity index (χ1n) is 18.0. The van der Waals surface area contributed by atoms with Crippen LogP contribution in [0.5, 0.6) is 11.5 Å². The minimum Gasteiger partial charge on any atom is -0.457 e. The summed E-state index contributed by atoms with van der Waals surface area (Å²) in [5, 5.41) is 4.24. The summed E-state index contributed by atoms with van der Waals surface area (Å²) in [4.78, 5) is 9.19. The molecule has 9 rings (SSSR count). The number of aromatic nitrogens is 2. The fourth-order valence-electron chi connectivity index (χ4n) is 7.35. The molecule has 3 heterocycles. The lowest BCUT2D eigenvalue weighted by atomic mass is 9.71. The summed E-state index contributed by atoms with van der Waals surface area (Å²) in [6.45, 7) is 4.65. The van der Waals surface area contributed by atoms with Crippen molar-refractivity contribution in [2.24, 2.45) is 5.41 Å². The van der Waals surface area contributed by atoms with Crippen LogP contribution in [0.25, 0.3) is 66.4 Å². The second-order valence-electron chi connectivity index (χ2n) is 14.3. The van der Waals surface area contributed by atoms with Crippen LogP contribution in [0.4, 0.5) is 0 Å². The Labute approximate surface area is 293 Å². The van der Waals surface area contributed by atoms with Gasteiger partial charge in [-0.2, -0.15) is 0 Å². The summed E-state index contributed by atoms with van der Waals surface area (Å²) >= 11 is 0. The Kier molecular flexibility index (Phi) is 7.18. The van der Waals surface area contributed by atoms with Gasteiger partial charge in [0.2, 0.25) is 0 Å². The lowest BCUT2D eigenvalue weighted by molar-refractivity contribution is 0.224. The van der Waals surface area contributed by atoms with Gasteiger partial charge in [0.25, 0.3) is 0 Å². The van der Waals surface area contributed by atoms with Crippen LogP contribution >= 0.6 is 0 Å². The molecule has 1 aliphatic carbocycles. The van der Waals surface area contributed by atoms with E-state index in [1.807, 2.05) is 66.7 Å². The minimum atomic E-state index is -0.493. The predicted molar refractivity (Wildman–Crippen MR) is 205 cm³/mol. The zero-order valence-electron chi connectivity index (χ0n) is 29.3. The quantitative estimate of drug-likeness (QED) is 0.179. The van der Waals surface area contributed by atoms with Gasteiger partial charge in [-0.1, -0.05) is 74.5 Å². The van der Waals surface area contributed by atoms with E-state index in [9.17, 15) is 1.37 Å². The van der Waals surface area contributed by atoms with Crippen molar-refractivity contribution < 1.29 is 10.5 Å². The van der Waals surface area contributed by atoms with Crippen LogP contribution in [0.15, 0.2) is 144 Å². The fourth-order valence-corrected chi connectivity index (χ4v) is 7.35. The number of furan rings is 1. The molecule has 8 aromatic rings.